The third-order valence-corrected chi connectivity index (χ3v) is 5.67. The molecule has 1 atom stereocenters. The van der Waals surface area contributed by atoms with E-state index in [1.165, 1.54) is 37.8 Å². The van der Waals surface area contributed by atoms with Crippen LogP contribution in [0.2, 0.25) is 0 Å². The number of urea groups is 1. The van der Waals surface area contributed by atoms with Crippen LogP contribution in [0.1, 0.15) is 55.5 Å². The summed E-state index contributed by atoms with van der Waals surface area (Å²) in [5, 5.41) is 10.1. The van der Waals surface area contributed by atoms with Gasteiger partial charge in [0.1, 0.15) is 5.76 Å². The van der Waals surface area contributed by atoms with Gasteiger partial charge < -0.3 is 20.1 Å². The topological polar surface area (TPSA) is 70.4 Å². The van der Waals surface area contributed by atoms with Gasteiger partial charge in [-0.15, -0.1) is 0 Å². The number of carbonyl (C=O) groups excluding carboxylic acids is 1. The zero-order valence-electron chi connectivity index (χ0n) is 15.6. The Kier molecular flexibility index (Phi) is 6.34. The summed E-state index contributed by atoms with van der Waals surface area (Å²) in [4.78, 5) is 14.6. The van der Waals surface area contributed by atoms with Gasteiger partial charge in [0.15, 0.2) is 0 Å². The summed E-state index contributed by atoms with van der Waals surface area (Å²) in [6.45, 7) is 7.92. The van der Waals surface area contributed by atoms with Gasteiger partial charge in [-0.3, -0.25) is 0 Å². The largest absolute Gasteiger partial charge is 0.361 e. The molecule has 6 heteroatoms. The number of aryl methyl sites for hydroxylation is 2. The lowest BCUT2D eigenvalue weighted by Gasteiger charge is -2.20. The van der Waals surface area contributed by atoms with Gasteiger partial charge in [0.25, 0.3) is 0 Å². The summed E-state index contributed by atoms with van der Waals surface area (Å²) in [5.41, 5.74) is 2.12. The average Bonchev–Trinajstić information content (AvgIpc) is 3.30. The van der Waals surface area contributed by atoms with Crippen molar-refractivity contribution in [2.45, 2.75) is 64.8 Å². The van der Waals surface area contributed by atoms with E-state index < -0.39 is 0 Å². The van der Waals surface area contributed by atoms with Crippen molar-refractivity contribution in [2.75, 3.05) is 26.2 Å². The van der Waals surface area contributed by atoms with Crippen molar-refractivity contribution >= 4 is 6.03 Å². The highest BCUT2D eigenvalue weighted by Crippen LogP contribution is 2.26. The first-order valence-corrected chi connectivity index (χ1v) is 9.80. The molecule has 0 unspecified atom stereocenters. The van der Waals surface area contributed by atoms with E-state index in [-0.39, 0.29) is 6.03 Å². The Morgan fingerprint density at radius 1 is 1.28 bits per heavy atom. The number of hydrogen-bond acceptors (Lipinski definition) is 4. The number of rotatable bonds is 7. The van der Waals surface area contributed by atoms with Crippen LogP contribution in [-0.2, 0) is 6.42 Å². The molecule has 2 N–H and O–H groups in total. The van der Waals surface area contributed by atoms with Crippen LogP contribution in [0, 0.1) is 19.8 Å². The van der Waals surface area contributed by atoms with Crippen molar-refractivity contribution in [3.8, 4) is 0 Å². The minimum absolute atomic E-state index is 0.0357. The minimum atomic E-state index is -0.0357. The first kappa shape index (κ1) is 18.2. The lowest BCUT2D eigenvalue weighted by molar-refractivity contribution is 0.234. The summed E-state index contributed by atoms with van der Waals surface area (Å²) in [6.07, 6.45) is 8.43. The quantitative estimate of drug-likeness (QED) is 0.744. The normalized spacial score (nSPS) is 21.8. The van der Waals surface area contributed by atoms with Crippen molar-refractivity contribution in [1.29, 1.82) is 0 Å². The molecule has 2 amide bonds. The van der Waals surface area contributed by atoms with Gasteiger partial charge in [-0.2, -0.15) is 0 Å². The molecule has 0 aromatic carbocycles. The van der Waals surface area contributed by atoms with Crippen molar-refractivity contribution in [3.05, 3.63) is 17.0 Å². The van der Waals surface area contributed by atoms with Gasteiger partial charge in [-0.1, -0.05) is 18.0 Å². The monoisotopic (exact) mass is 348 g/mol. The number of carbonyl (C=O) groups is 1. The molecule has 0 spiro atoms. The molecule has 3 rings (SSSR count). The molecule has 1 aromatic heterocycles. The van der Waals surface area contributed by atoms with E-state index >= 15 is 0 Å². The van der Waals surface area contributed by atoms with Crippen LogP contribution in [0.3, 0.4) is 0 Å². The van der Waals surface area contributed by atoms with Gasteiger partial charge in [0.2, 0.25) is 0 Å². The van der Waals surface area contributed by atoms with Gasteiger partial charge in [-0.25, -0.2) is 4.79 Å². The molecule has 1 aromatic rings. The predicted octanol–water partition coefficient (Wildman–Crippen LogP) is 2.79. The van der Waals surface area contributed by atoms with Crippen LogP contribution in [0.5, 0.6) is 0 Å². The lowest BCUT2D eigenvalue weighted by atomic mass is 10.1. The third-order valence-electron chi connectivity index (χ3n) is 5.67. The number of aromatic nitrogens is 1. The van der Waals surface area contributed by atoms with Gasteiger partial charge in [0.05, 0.1) is 5.69 Å². The molecule has 1 saturated heterocycles. The van der Waals surface area contributed by atoms with E-state index in [0.717, 1.165) is 49.7 Å². The Morgan fingerprint density at radius 3 is 2.80 bits per heavy atom. The molecule has 0 bridgehead atoms. The number of likely N-dealkylation sites (tertiary alicyclic amines) is 1. The summed E-state index contributed by atoms with van der Waals surface area (Å²) in [6, 6.07) is 0.260. The maximum Gasteiger partial charge on any atom is 0.315 e. The zero-order valence-corrected chi connectivity index (χ0v) is 15.6. The van der Waals surface area contributed by atoms with E-state index in [1.54, 1.807) is 0 Å². The van der Waals surface area contributed by atoms with Gasteiger partial charge in [0, 0.05) is 37.8 Å². The van der Waals surface area contributed by atoms with Crippen molar-refractivity contribution in [1.82, 2.24) is 20.7 Å². The maximum atomic E-state index is 12.1. The zero-order chi connectivity index (χ0) is 17.6. The van der Waals surface area contributed by atoms with Crippen LogP contribution < -0.4 is 10.6 Å². The number of nitrogens with zero attached hydrogens (tertiary/aromatic N) is 2. The Labute approximate surface area is 150 Å². The molecule has 140 valence electrons. The van der Waals surface area contributed by atoms with E-state index in [0.29, 0.717) is 12.6 Å². The van der Waals surface area contributed by atoms with Crippen molar-refractivity contribution in [2.24, 2.45) is 5.92 Å². The lowest BCUT2D eigenvalue weighted by Crippen LogP contribution is -2.43. The van der Waals surface area contributed by atoms with Crippen molar-refractivity contribution in [3.63, 3.8) is 0 Å². The number of amides is 2. The molecular formula is C19H32N4O2. The van der Waals surface area contributed by atoms with Gasteiger partial charge >= 0.3 is 6.03 Å². The fourth-order valence-corrected chi connectivity index (χ4v) is 4.24. The summed E-state index contributed by atoms with van der Waals surface area (Å²) >= 11 is 0. The van der Waals surface area contributed by atoms with Gasteiger partial charge in [-0.05, 0) is 51.9 Å². The molecule has 2 aliphatic rings. The molecule has 1 aliphatic carbocycles. The SMILES string of the molecule is Cc1noc(C)c1CCCNC(=O)N[C@@H]1CCN(CC2CCCC2)C1. The highest BCUT2D eigenvalue weighted by molar-refractivity contribution is 5.74. The fourth-order valence-electron chi connectivity index (χ4n) is 4.24. The van der Waals surface area contributed by atoms with Crippen LogP contribution in [0.4, 0.5) is 4.79 Å². The smallest absolute Gasteiger partial charge is 0.315 e. The van der Waals surface area contributed by atoms with E-state index in [9.17, 15) is 4.79 Å². The van der Waals surface area contributed by atoms with E-state index in [2.05, 4.69) is 20.7 Å². The Bertz CT molecular complexity index is 546. The Hall–Kier alpha value is -1.56. The molecule has 6 nitrogen and oxygen atoms in total. The average molecular weight is 348 g/mol. The molecule has 25 heavy (non-hydrogen) atoms. The summed E-state index contributed by atoms with van der Waals surface area (Å²) in [5.74, 6) is 1.77. The maximum absolute atomic E-state index is 12.1. The first-order chi connectivity index (χ1) is 12.1. The molecular weight excluding hydrogens is 316 g/mol. The Balaban J connectivity index is 1.29. The second-order valence-corrected chi connectivity index (χ2v) is 7.70. The third kappa shape index (κ3) is 5.21. The minimum Gasteiger partial charge on any atom is -0.361 e. The second-order valence-electron chi connectivity index (χ2n) is 7.70. The van der Waals surface area contributed by atoms with Crippen LogP contribution in [0.15, 0.2) is 4.52 Å². The number of hydrogen-bond donors (Lipinski definition) is 2. The first-order valence-electron chi connectivity index (χ1n) is 9.80. The highest BCUT2D eigenvalue weighted by atomic mass is 16.5. The molecule has 2 heterocycles. The molecule has 1 aliphatic heterocycles. The summed E-state index contributed by atoms with van der Waals surface area (Å²) < 4.78 is 5.17. The predicted molar refractivity (Wildman–Crippen MR) is 97.6 cm³/mol. The highest BCUT2D eigenvalue weighted by Gasteiger charge is 2.26. The molecule has 0 radical (unpaired) electrons. The van der Waals surface area contributed by atoms with E-state index in [1.807, 2.05) is 13.8 Å². The van der Waals surface area contributed by atoms with Crippen LogP contribution in [-0.4, -0.2) is 48.3 Å². The van der Waals surface area contributed by atoms with Crippen molar-refractivity contribution < 1.29 is 9.32 Å². The Morgan fingerprint density at radius 2 is 2.08 bits per heavy atom. The number of nitrogens with one attached hydrogen (secondary N) is 2. The molecule has 2 fully saturated rings. The van der Waals surface area contributed by atoms with Crippen LogP contribution >= 0.6 is 0 Å². The summed E-state index contributed by atoms with van der Waals surface area (Å²) in [7, 11) is 0. The molecule has 1 saturated carbocycles. The van der Waals surface area contributed by atoms with E-state index in [4.69, 9.17) is 4.52 Å². The second kappa shape index (κ2) is 8.70. The fraction of sp³-hybridized carbons (Fsp3) is 0.789. The van der Waals surface area contributed by atoms with Crippen LogP contribution in [0.25, 0.3) is 0 Å². The standard InChI is InChI=1S/C19H32N4O2/c1-14-18(15(2)25-22-14)8-5-10-20-19(24)21-17-9-11-23(13-17)12-16-6-3-4-7-16/h16-17H,3-13H2,1-2H3,(H2,20,21,24)/t17-/m1/s1.